The summed E-state index contributed by atoms with van der Waals surface area (Å²) in [5.74, 6) is 0.182. The lowest BCUT2D eigenvalue weighted by atomic mass is 10.2. The minimum Gasteiger partial charge on any atom is -0.507 e. The smallest absolute Gasteiger partial charge is 0.186 e. The highest BCUT2D eigenvalue weighted by atomic mass is 32.1. The van der Waals surface area contributed by atoms with Crippen molar-refractivity contribution in [1.82, 2.24) is 10.7 Å². The number of hydrogen-bond acceptors (Lipinski definition) is 4. The first-order valence-electron chi connectivity index (χ1n) is 5.58. The molecule has 0 aliphatic rings. The topological polar surface area (TPSA) is 65.9 Å². The van der Waals surface area contributed by atoms with Crippen molar-refractivity contribution in [3.8, 4) is 5.75 Å². The van der Waals surface area contributed by atoms with Crippen LogP contribution in [0.2, 0.25) is 0 Å². The highest BCUT2D eigenvalue weighted by Crippen LogP contribution is 2.12. The summed E-state index contributed by atoms with van der Waals surface area (Å²) < 4.78 is 4.91. The summed E-state index contributed by atoms with van der Waals surface area (Å²) in [6.07, 6.45) is 2.39. The van der Waals surface area contributed by atoms with Gasteiger partial charge in [0.05, 0.1) is 6.21 Å². The second kappa shape index (κ2) is 8.43. The number of ether oxygens (including phenoxy) is 1. The number of nitrogens with one attached hydrogen (secondary N) is 2. The molecule has 0 amide bonds. The van der Waals surface area contributed by atoms with Crippen LogP contribution in [-0.2, 0) is 4.74 Å². The molecule has 1 aromatic carbocycles. The quantitative estimate of drug-likeness (QED) is 0.313. The number of phenolic OH excluding ortho intramolecular Hbond substituents is 1. The molecule has 0 heterocycles. The monoisotopic (exact) mass is 267 g/mol. The molecule has 0 aliphatic heterocycles. The van der Waals surface area contributed by atoms with Gasteiger partial charge >= 0.3 is 0 Å². The van der Waals surface area contributed by atoms with Gasteiger partial charge in [-0.3, -0.25) is 5.43 Å². The molecule has 0 bridgehead atoms. The van der Waals surface area contributed by atoms with E-state index in [1.54, 1.807) is 25.3 Å². The number of phenols is 1. The Hall–Kier alpha value is -1.66. The molecule has 0 saturated carbocycles. The molecular formula is C12H17N3O2S. The minimum absolute atomic E-state index is 0.182. The van der Waals surface area contributed by atoms with Crippen molar-refractivity contribution < 1.29 is 9.84 Å². The lowest BCUT2D eigenvalue weighted by Gasteiger charge is -2.06. The molecule has 0 atom stereocenters. The van der Waals surface area contributed by atoms with Gasteiger partial charge in [0.2, 0.25) is 0 Å². The van der Waals surface area contributed by atoms with Gasteiger partial charge < -0.3 is 15.2 Å². The lowest BCUT2D eigenvalue weighted by Crippen LogP contribution is -2.33. The van der Waals surface area contributed by atoms with Gasteiger partial charge in [-0.05, 0) is 30.8 Å². The Morgan fingerprint density at radius 2 is 2.28 bits per heavy atom. The molecule has 0 aliphatic carbocycles. The van der Waals surface area contributed by atoms with Crippen molar-refractivity contribution in [2.24, 2.45) is 5.10 Å². The molecule has 0 fully saturated rings. The van der Waals surface area contributed by atoms with Crippen LogP contribution in [0.15, 0.2) is 29.4 Å². The van der Waals surface area contributed by atoms with Gasteiger partial charge in [0.1, 0.15) is 5.75 Å². The van der Waals surface area contributed by atoms with Crippen molar-refractivity contribution in [1.29, 1.82) is 0 Å². The van der Waals surface area contributed by atoms with Crippen LogP contribution in [0.3, 0.4) is 0 Å². The number of benzene rings is 1. The van der Waals surface area contributed by atoms with E-state index >= 15 is 0 Å². The van der Waals surface area contributed by atoms with Crippen molar-refractivity contribution in [3.05, 3.63) is 29.8 Å². The van der Waals surface area contributed by atoms with E-state index in [1.165, 1.54) is 6.21 Å². The summed E-state index contributed by atoms with van der Waals surface area (Å²) in [5, 5.41) is 16.9. The van der Waals surface area contributed by atoms with Crippen LogP contribution >= 0.6 is 12.2 Å². The van der Waals surface area contributed by atoms with E-state index in [0.29, 0.717) is 17.3 Å². The van der Waals surface area contributed by atoms with Crippen LogP contribution in [0, 0.1) is 0 Å². The average Bonchev–Trinajstić information content (AvgIpc) is 2.37. The van der Waals surface area contributed by atoms with E-state index in [1.807, 2.05) is 6.07 Å². The zero-order valence-corrected chi connectivity index (χ0v) is 11.0. The molecular weight excluding hydrogens is 250 g/mol. The average molecular weight is 267 g/mol. The van der Waals surface area contributed by atoms with E-state index in [0.717, 1.165) is 13.0 Å². The zero-order valence-electron chi connectivity index (χ0n) is 10.2. The fraction of sp³-hybridized carbons (Fsp3) is 0.333. The molecule has 1 aromatic rings. The molecule has 6 heteroatoms. The number of nitrogens with zero attached hydrogens (tertiary/aromatic N) is 1. The molecule has 3 N–H and O–H groups in total. The molecule has 0 aromatic heterocycles. The minimum atomic E-state index is 0.182. The maximum absolute atomic E-state index is 9.49. The summed E-state index contributed by atoms with van der Waals surface area (Å²) in [6.45, 7) is 1.42. The molecule has 1 rings (SSSR count). The fourth-order valence-corrected chi connectivity index (χ4v) is 1.37. The van der Waals surface area contributed by atoms with E-state index < -0.39 is 0 Å². The number of rotatable bonds is 6. The Bertz CT molecular complexity index is 410. The molecule has 0 spiro atoms. The summed E-state index contributed by atoms with van der Waals surface area (Å²) in [4.78, 5) is 0. The third-order valence-corrected chi connectivity index (χ3v) is 2.35. The Morgan fingerprint density at radius 3 is 3.00 bits per heavy atom. The maximum Gasteiger partial charge on any atom is 0.186 e. The van der Waals surface area contributed by atoms with Crippen LogP contribution in [0.5, 0.6) is 5.75 Å². The second-order valence-corrected chi connectivity index (χ2v) is 3.94. The number of methoxy groups -OCH3 is 1. The van der Waals surface area contributed by atoms with Gasteiger partial charge in [-0.1, -0.05) is 12.1 Å². The van der Waals surface area contributed by atoms with Crippen LogP contribution in [0.25, 0.3) is 0 Å². The summed E-state index contributed by atoms with van der Waals surface area (Å²) in [6, 6.07) is 6.93. The standard InChI is InChI=1S/C12H17N3O2S/c1-17-8-4-7-13-12(18)15-14-9-10-5-2-3-6-11(10)16/h2-3,5-6,9,16H,4,7-8H2,1H3,(H2,13,15,18)/b14-9+. The predicted molar refractivity (Wildman–Crippen MR) is 75.9 cm³/mol. The number of hydrogen-bond donors (Lipinski definition) is 3. The van der Waals surface area contributed by atoms with Crippen molar-refractivity contribution in [2.45, 2.75) is 6.42 Å². The van der Waals surface area contributed by atoms with E-state index in [2.05, 4.69) is 15.8 Å². The van der Waals surface area contributed by atoms with Crippen molar-refractivity contribution in [2.75, 3.05) is 20.3 Å². The van der Waals surface area contributed by atoms with Crippen LogP contribution in [0.1, 0.15) is 12.0 Å². The van der Waals surface area contributed by atoms with Gasteiger partial charge in [-0.2, -0.15) is 5.10 Å². The highest BCUT2D eigenvalue weighted by molar-refractivity contribution is 7.80. The molecule has 0 unspecified atom stereocenters. The number of aromatic hydroxyl groups is 1. The van der Waals surface area contributed by atoms with Crippen LogP contribution in [-0.4, -0.2) is 36.7 Å². The maximum atomic E-state index is 9.49. The van der Waals surface area contributed by atoms with Gasteiger partial charge in [-0.15, -0.1) is 0 Å². The highest BCUT2D eigenvalue weighted by Gasteiger charge is 1.95. The van der Waals surface area contributed by atoms with Crippen LogP contribution in [0.4, 0.5) is 0 Å². The van der Waals surface area contributed by atoms with Crippen LogP contribution < -0.4 is 10.7 Å². The van der Waals surface area contributed by atoms with E-state index in [-0.39, 0.29) is 5.75 Å². The Kier molecular flexibility index (Phi) is 6.75. The Labute approximate surface area is 112 Å². The molecule has 0 radical (unpaired) electrons. The fourth-order valence-electron chi connectivity index (χ4n) is 1.22. The summed E-state index contributed by atoms with van der Waals surface area (Å²) in [5.41, 5.74) is 3.30. The Balaban J connectivity index is 2.28. The summed E-state index contributed by atoms with van der Waals surface area (Å²) >= 11 is 5.01. The molecule has 18 heavy (non-hydrogen) atoms. The first-order valence-corrected chi connectivity index (χ1v) is 5.98. The van der Waals surface area contributed by atoms with Gasteiger partial charge in [0, 0.05) is 25.8 Å². The molecule has 98 valence electrons. The molecule has 0 saturated heterocycles. The first kappa shape index (κ1) is 14.4. The van der Waals surface area contributed by atoms with E-state index in [4.69, 9.17) is 17.0 Å². The zero-order chi connectivity index (χ0) is 13.2. The Morgan fingerprint density at radius 1 is 1.50 bits per heavy atom. The van der Waals surface area contributed by atoms with Crippen molar-refractivity contribution in [3.63, 3.8) is 0 Å². The normalized spacial score (nSPS) is 10.5. The molecule has 5 nitrogen and oxygen atoms in total. The van der Waals surface area contributed by atoms with E-state index in [9.17, 15) is 5.11 Å². The second-order valence-electron chi connectivity index (χ2n) is 3.53. The summed E-state index contributed by atoms with van der Waals surface area (Å²) in [7, 11) is 1.66. The van der Waals surface area contributed by atoms with Crippen molar-refractivity contribution >= 4 is 23.5 Å². The first-order chi connectivity index (χ1) is 8.74. The van der Waals surface area contributed by atoms with Gasteiger partial charge in [0.15, 0.2) is 5.11 Å². The third kappa shape index (κ3) is 5.60. The SMILES string of the molecule is COCCCNC(=S)N/N=C/c1ccccc1O. The van der Waals surface area contributed by atoms with Gasteiger partial charge in [0.25, 0.3) is 0 Å². The largest absolute Gasteiger partial charge is 0.507 e. The van der Waals surface area contributed by atoms with Gasteiger partial charge in [-0.25, -0.2) is 0 Å². The number of para-hydroxylation sites is 1. The number of thiocarbonyl (C=S) groups is 1. The number of hydrazone groups is 1. The third-order valence-electron chi connectivity index (χ3n) is 2.12. The lowest BCUT2D eigenvalue weighted by molar-refractivity contribution is 0.195. The predicted octanol–water partition coefficient (Wildman–Crippen LogP) is 1.23.